The van der Waals surface area contributed by atoms with Gasteiger partial charge in [-0.15, -0.1) is 0 Å². The van der Waals surface area contributed by atoms with Crippen molar-refractivity contribution in [1.29, 1.82) is 0 Å². The van der Waals surface area contributed by atoms with Gasteiger partial charge in [0.15, 0.2) is 0 Å². The summed E-state index contributed by atoms with van der Waals surface area (Å²) in [5.41, 5.74) is 5.02. The summed E-state index contributed by atoms with van der Waals surface area (Å²) in [6, 6.07) is 10.0. The third kappa shape index (κ3) is 2.05. The third-order valence-electron chi connectivity index (χ3n) is 5.80. The first kappa shape index (κ1) is 16.7. The van der Waals surface area contributed by atoms with Crippen LogP contribution in [0.15, 0.2) is 46.1 Å². The molecule has 0 aliphatic carbocycles. The molecule has 1 aromatic carbocycles. The van der Waals surface area contributed by atoms with E-state index in [0.29, 0.717) is 29.3 Å². The summed E-state index contributed by atoms with van der Waals surface area (Å²) in [7, 11) is 0. The minimum atomic E-state index is -0.265. The number of rotatable bonds is 2. The van der Waals surface area contributed by atoms with Gasteiger partial charge in [-0.3, -0.25) is 9.59 Å². The Balaban J connectivity index is 1.93. The fourth-order valence-electron chi connectivity index (χ4n) is 4.46. The highest BCUT2D eigenvalue weighted by Crippen LogP contribution is 2.36. The summed E-state index contributed by atoms with van der Waals surface area (Å²) in [6.45, 7) is 4.52. The van der Waals surface area contributed by atoms with Gasteiger partial charge in [0.25, 0.3) is 11.1 Å². The second-order valence-corrected chi connectivity index (χ2v) is 7.21. The summed E-state index contributed by atoms with van der Waals surface area (Å²) >= 11 is 0. The van der Waals surface area contributed by atoms with E-state index in [1.165, 1.54) is 11.8 Å². The van der Waals surface area contributed by atoms with Crippen molar-refractivity contribution in [3.8, 4) is 11.4 Å². The highest BCUT2D eigenvalue weighted by Gasteiger charge is 2.27. The maximum absolute atomic E-state index is 13.3. The van der Waals surface area contributed by atoms with E-state index in [9.17, 15) is 9.59 Å². The molecule has 140 valence electrons. The molecule has 5 rings (SSSR count). The minimum Gasteiger partial charge on any atom is -0.336 e. The zero-order valence-electron chi connectivity index (χ0n) is 15.8. The van der Waals surface area contributed by atoms with Crippen molar-refractivity contribution in [1.82, 2.24) is 14.2 Å². The first-order valence-corrected chi connectivity index (χ1v) is 9.53. The van der Waals surface area contributed by atoms with Gasteiger partial charge in [0.2, 0.25) is 0 Å². The van der Waals surface area contributed by atoms with Gasteiger partial charge in [-0.1, -0.05) is 32.0 Å². The summed E-state index contributed by atoms with van der Waals surface area (Å²) in [4.78, 5) is 30.6. The van der Waals surface area contributed by atoms with Gasteiger partial charge in [0, 0.05) is 22.7 Å². The van der Waals surface area contributed by atoms with Crippen LogP contribution in [0.5, 0.6) is 0 Å². The van der Waals surface area contributed by atoms with Crippen molar-refractivity contribution in [3.05, 3.63) is 73.9 Å². The van der Waals surface area contributed by atoms with Gasteiger partial charge in [-0.05, 0) is 35.9 Å². The number of fused-ring (bicyclic) bond motifs is 5. The molecule has 1 aliphatic heterocycles. The smallest absolute Gasteiger partial charge is 0.272 e. The molecule has 4 heterocycles. The Bertz CT molecular complexity index is 1410. The van der Waals surface area contributed by atoms with Gasteiger partial charge < -0.3 is 10.4 Å². The van der Waals surface area contributed by atoms with Crippen molar-refractivity contribution >= 4 is 21.7 Å². The fourth-order valence-corrected chi connectivity index (χ4v) is 4.46. The number of hydrogen-bond acceptors (Lipinski definition) is 4. The van der Waals surface area contributed by atoms with Gasteiger partial charge >= 0.3 is 0 Å². The van der Waals surface area contributed by atoms with Crippen LogP contribution in [0.25, 0.3) is 33.1 Å². The maximum Gasteiger partial charge on any atom is 0.272 e. The zero-order valence-corrected chi connectivity index (χ0v) is 15.8. The normalized spacial score (nSPS) is 12.5. The lowest BCUT2D eigenvalue weighted by Gasteiger charge is -2.11. The molecule has 0 bridgehead atoms. The molecule has 0 radical (unpaired) electrons. The molecule has 6 heteroatoms. The fraction of sp³-hybridized carbons (Fsp3) is 0.227. The number of hydrogen-bond donors (Lipinski definition) is 1. The van der Waals surface area contributed by atoms with E-state index in [4.69, 9.17) is 10.8 Å². The van der Waals surface area contributed by atoms with E-state index in [0.717, 1.165) is 39.0 Å². The van der Waals surface area contributed by atoms with Crippen LogP contribution < -0.4 is 17.0 Å². The summed E-state index contributed by atoms with van der Waals surface area (Å²) in [5.74, 6) is 5.82. The largest absolute Gasteiger partial charge is 0.336 e. The van der Waals surface area contributed by atoms with Crippen LogP contribution in [-0.4, -0.2) is 14.2 Å². The number of nitrogens with two attached hydrogens (primary N) is 1. The van der Waals surface area contributed by atoms with E-state index >= 15 is 0 Å². The van der Waals surface area contributed by atoms with Crippen LogP contribution >= 0.6 is 0 Å². The number of aromatic nitrogens is 3. The summed E-state index contributed by atoms with van der Waals surface area (Å²) in [5, 5.41) is 2.27. The van der Waals surface area contributed by atoms with Crippen molar-refractivity contribution in [2.24, 2.45) is 0 Å². The van der Waals surface area contributed by atoms with E-state index in [1.807, 2.05) is 31.2 Å². The Morgan fingerprint density at radius 3 is 2.50 bits per heavy atom. The Morgan fingerprint density at radius 1 is 1.00 bits per heavy atom. The topological polar surface area (TPSA) is 82.9 Å². The van der Waals surface area contributed by atoms with Crippen LogP contribution in [0.4, 0.5) is 0 Å². The SMILES string of the molecule is CCc1c2c(nc3ccccc13)-c1cc3c(CC)c(=O)n(N)cc3c(=O)n1C2. The second kappa shape index (κ2) is 5.79. The Labute approximate surface area is 160 Å². The first-order chi connectivity index (χ1) is 13.5. The lowest BCUT2D eigenvalue weighted by atomic mass is 9.98. The van der Waals surface area contributed by atoms with E-state index in [-0.39, 0.29) is 11.1 Å². The molecule has 0 saturated carbocycles. The molecule has 1 aliphatic rings. The highest BCUT2D eigenvalue weighted by atomic mass is 16.1. The van der Waals surface area contributed by atoms with Crippen LogP contribution in [0.2, 0.25) is 0 Å². The highest BCUT2D eigenvalue weighted by molar-refractivity contribution is 5.92. The molecule has 0 amide bonds. The van der Waals surface area contributed by atoms with E-state index in [2.05, 4.69) is 13.0 Å². The molecule has 6 nitrogen and oxygen atoms in total. The maximum atomic E-state index is 13.3. The van der Waals surface area contributed by atoms with Crippen molar-refractivity contribution in [2.75, 3.05) is 5.84 Å². The molecule has 0 saturated heterocycles. The van der Waals surface area contributed by atoms with E-state index < -0.39 is 0 Å². The Kier molecular flexibility index (Phi) is 3.46. The number of pyridine rings is 3. The number of para-hydroxylation sites is 1. The molecule has 28 heavy (non-hydrogen) atoms. The summed E-state index contributed by atoms with van der Waals surface area (Å²) in [6.07, 6.45) is 2.82. The first-order valence-electron chi connectivity index (χ1n) is 9.53. The predicted octanol–water partition coefficient (Wildman–Crippen LogP) is 2.58. The van der Waals surface area contributed by atoms with Crippen molar-refractivity contribution < 1.29 is 0 Å². The number of benzene rings is 1. The van der Waals surface area contributed by atoms with Gasteiger partial charge in [0.1, 0.15) is 0 Å². The van der Waals surface area contributed by atoms with Crippen LogP contribution in [0, 0.1) is 0 Å². The molecule has 3 aromatic heterocycles. The standard InChI is InChI=1S/C22H20N4O2/c1-3-12-14-7-5-6-8-18(14)24-20-16(12)10-25-19(20)9-15-13(4-2)22(28)26(23)11-17(15)21(25)27/h5-9,11H,3-4,10,23H2,1-2H3. The second-order valence-electron chi connectivity index (χ2n) is 7.21. The number of aryl methyl sites for hydroxylation is 2. The third-order valence-corrected chi connectivity index (χ3v) is 5.80. The van der Waals surface area contributed by atoms with Gasteiger partial charge in [-0.25, -0.2) is 9.66 Å². The predicted molar refractivity (Wildman–Crippen MR) is 111 cm³/mol. The zero-order chi connectivity index (χ0) is 19.6. The quantitative estimate of drug-likeness (QED) is 0.483. The van der Waals surface area contributed by atoms with Crippen LogP contribution in [0.1, 0.15) is 30.5 Å². The molecule has 2 N–H and O–H groups in total. The number of nitrogen functional groups attached to an aromatic ring is 1. The molecule has 0 atom stereocenters. The molecule has 0 unspecified atom stereocenters. The Morgan fingerprint density at radius 2 is 1.75 bits per heavy atom. The van der Waals surface area contributed by atoms with Crippen LogP contribution in [-0.2, 0) is 19.4 Å². The molecular formula is C22H20N4O2. The van der Waals surface area contributed by atoms with Crippen molar-refractivity contribution in [2.45, 2.75) is 33.2 Å². The molecule has 0 fully saturated rings. The number of nitrogens with zero attached hydrogens (tertiary/aromatic N) is 3. The lowest BCUT2D eigenvalue weighted by molar-refractivity contribution is 0.802. The minimum absolute atomic E-state index is 0.134. The lowest BCUT2D eigenvalue weighted by Crippen LogP contribution is -2.31. The summed E-state index contributed by atoms with van der Waals surface area (Å²) < 4.78 is 2.77. The van der Waals surface area contributed by atoms with E-state index in [1.54, 1.807) is 4.57 Å². The molecule has 4 aromatic rings. The monoisotopic (exact) mass is 372 g/mol. The Hall–Kier alpha value is -3.41. The van der Waals surface area contributed by atoms with Gasteiger partial charge in [-0.2, -0.15) is 0 Å². The van der Waals surface area contributed by atoms with Gasteiger partial charge in [0.05, 0.1) is 28.8 Å². The van der Waals surface area contributed by atoms with Crippen molar-refractivity contribution in [3.63, 3.8) is 0 Å². The average molecular weight is 372 g/mol. The average Bonchev–Trinajstić information content (AvgIpc) is 3.07. The molecule has 0 spiro atoms. The van der Waals surface area contributed by atoms with Crippen LogP contribution in [0.3, 0.4) is 0 Å². The molecular weight excluding hydrogens is 352 g/mol.